The number of hydrogen-bond donors (Lipinski definition) is 2. The topological polar surface area (TPSA) is 121 Å². The third-order valence-electron chi connectivity index (χ3n) is 3.16. The van der Waals surface area contributed by atoms with E-state index in [4.69, 9.17) is 0 Å². The molecule has 0 aromatic heterocycles. The van der Waals surface area contributed by atoms with Gasteiger partial charge in [-0.25, -0.2) is 9.00 Å². The van der Waals surface area contributed by atoms with Gasteiger partial charge in [0, 0.05) is 27.5 Å². The molecule has 2 atom stereocenters. The van der Waals surface area contributed by atoms with Crippen molar-refractivity contribution in [1.29, 1.82) is 0 Å². The summed E-state index contributed by atoms with van der Waals surface area (Å²) < 4.78 is 30.7. The molecule has 1 saturated heterocycles. The van der Waals surface area contributed by atoms with Gasteiger partial charge in [0.1, 0.15) is 0 Å². The molecule has 0 saturated carbocycles. The Balaban J connectivity index is 2.34. The molecule has 0 aliphatic carbocycles. The van der Waals surface area contributed by atoms with E-state index < -0.39 is 40.9 Å². The number of rotatable bonds is 3. The van der Waals surface area contributed by atoms with Gasteiger partial charge in [0.05, 0.1) is 0 Å². The van der Waals surface area contributed by atoms with Crippen LogP contribution in [0.25, 0.3) is 0 Å². The Morgan fingerprint density at radius 2 is 1.74 bits per heavy atom. The maximum atomic E-state index is 12.2. The van der Waals surface area contributed by atoms with E-state index in [0.717, 1.165) is 0 Å². The van der Waals surface area contributed by atoms with Crippen molar-refractivity contribution in [2.75, 3.05) is 0 Å². The molecule has 0 spiro atoms. The van der Waals surface area contributed by atoms with Crippen molar-refractivity contribution >= 4 is 35.6 Å². The van der Waals surface area contributed by atoms with Crippen LogP contribution in [0.4, 0.5) is 4.79 Å². The number of hydroxylamine groups is 2. The summed E-state index contributed by atoms with van der Waals surface area (Å²) in [5, 5.41) is -1.86. The molecular weight excluding hydrogens is 346 g/mol. The first-order chi connectivity index (χ1) is 10.7. The smallest absolute Gasteiger partial charge is 0.319 e. The zero-order valence-corrected chi connectivity index (χ0v) is 13.7. The van der Waals surface area contributed by atoms with Crippen molar-refractivity contribution in [3.05, 3.63) is 35.9 Å². The van der Waals surface area contributed by atoms with Crippen molar-refractivity contribution in [3.8, 4) is 0 Å². The van der Waals surface area contributed by atoms with Crippen LogP contribution >= 0.6 is 0 Å². The van der Waals surface area contributed by atoms with Gasteiger partial charge < -0.3 is 4.84 Å². The number of amides is 2. The summed E-state index contributed by atoms with van der Waals surface area (Å²) in [6.45, 7) is 1.47. The van der Waals surface area contributed by atoms with E-state index in [2.05, 4.69) is 4.84 Å². The van der Waals surface area contributed by atoms with E-state index >= 15 is 0 Å². The number of carbonyl (C=O) groups excluding carboxylic acids is 3. The lowest BCUT2D eigenvalue weighted by Crippen LogP contribution is -2.34. The van der Waals surface area contributed by atoms with E-state index in [-0.39, 0.29) is 17.9 Å². The number of benzene rings is 1. The van der Waals surface area contributed by atoms with Gasteiger partial charge in [-0.2, -0.15) is 0 Å². The zero-order valence-electron chi connectivity index (χ0n) is 12.1. The zero-order chi connectivity index (χ0) is 17.2. The number of carbonyl (C=O) groups is 3. The molecule has 0 bridgehead atoms. The molecule has 1 heterocycles. The molecule has 0 radical (unpaired) electrons. The van der Waals surface area contributed by atoms with Crippen LogP contribution < -0.4 is 0 Å². The van der Waals surface area contributed by atoms with Gasteiger partial charge in [-0.3, -0.25) is 18.7 Å². The van der Waals surface area contributed by atoms with Gasteiger partial charge in [-0.1, -0.05) is 30.3 Å². The Morgan fingerprint density at radius 3 is 2.22 bits per heavy atom. The monoisotopic (exact) mass is 361 g/mol. The van der Waals surface area contributed by atoms with Gasteiger partial charge >= 0.3 is 5.30 Å². The van der Waals surface area contributed by atoms with Crippen LogP contribution in [0, 0.1) is 0 Å². The minimum Gasteiger partial charge on any atom is -0.319 e. The summed E-state index contributed by atoms with van der Waals surface area (Å²) >= 11 is 0. The summed E-state index contributed by atoms with van der Waals surface area (Å²) in [6.07, 6.45) is -0.191. The highest BCUT2D eigenvalue weighted by Crippen LogP contribution is 2.25. The molecule has 126 valence electrons. The highest BCUT2D eigenvalue weighted by atomic mass is 32.9. The number of nitrogens with zero attached hydrogens (tertiary/aromatic N) is 1. The summed E-state index contributed by atoms with van der Waals surface area (Å²) in [5.41, 5.74) is 0.530. The Bertz CT molecular complexity index is 744. The molecule has 2 unspecified atom stereocenters. The Morgan fingerprint density at radius 1 is 1.22 bits per heavy atom. The van der Waals surface area contributed by atoms with Crippen LogP contribution in [0.3, 0.4) is 0 Å². The van der Waals surface area contributed by atoms with Crippen LogP contribution in [-0.2, 0) is 32.9 Å². The molecule has 10 heteroatoms. The normalized spacial score (nSPS) is 18.0. The lowest BCUT2D eigenvalue weighted by molar-refractivity contribution is -0.169. The van der Waals surface area contributed by atoms with E-state index in [9.17, 15) is 27.7 Å². The van der Waals surface area contributed by atoms with Crippen molar-refractivity contribution in [2.45, 2.75) is 25.0 Å². The van der Waals surface area contributed by atoms with E-state index in [0.29, 0.717) is 5.56 Å². The fourth-order valence-electron chi connectivity index (χ4n) is 2.04. The van der Waals surface area contributed by atoms with Gasteiger partial charge in [-0.05, 0) is 12.5 Å². The summed E-state index contributed by atoms with van der Waals surface area (Å²) in [7, 11) is -6.71. The predicted octanol–water partition coefficient (Wildman–Crippen LogP) is 1.71. The highest BCUT2D eigenvalue weighted by molar-refractivity contribution is 8.48. The first kappa shape index (κ1) is 17.6. The number of hydrogen-bond acceptors (Lipinski definition) is 5. The van der Waals surface area contributed by atoms with Crippen LogP contribution in [0.15, 0.2) is 30.3 Å². The Hall–Kier alpha value is -1.75. The minimum absolute atomic E-state index is 0.0955. The van der Waals surface area contributed by atoms with E-state index in [1.165, 1.54) is 6.92 Å². The average Bonchev–Trinajstić information content (AvgIpc) is 2.78. The van der Waals surface area contributed by atoms with Crippen LogP contribution in [0.5, 0.6) is 0 Å². The second-order valence-electron chi connectivity index (χ2n) is 4.72. The maximum absolute atomic E-state index is 12.2. The average molecular weight is 361 g/mol. The molecule has 1 aliphatic heterocycles. The molecule has 2 rings (SSSR count). The first-order valence-electron chi connectivity index (χ1n) is 6.57. The molecule has 23 heavy (non-hydrogen) atoms. The quantitative estimate of drug-likeness (QED) is 0.786. The maximum Gasteiger partial charge on any atom is 0.398 e. The van der Waals surface area contributed by atoms with E-state index in [1.807, 2.05) is 0 Å². The lowest BCUT2D eigenvalue weighted by Gasteiger charge is -2.19. The van der Waals surface area contributed by atoms with Crippen LogP contribution in [0.2, 0.25) is 0 Å². The Kier molecular flexibility index (Phi) is 5.19. The van der Waals surface area contributed by atoms with Crippen LogP contribution in [0.1, 0.15) is 30.6 Å². The third kappa shape index (κ3) is 3.96. The van der Waals surface area contributed by atoms with Gasteiger partial charge in [-0.15, -0.1) is 5.06 Å². The molecular formula is C13H15NO7S2. The van der Waals surface area contributed by atoms with Gasteiger partial charge in [0.25, 0.3) is 11.8 Å². The minimum atomic E-state index is -4.53. The fraction of sp³-hybridized carbons (Fsp3) is 0.308. The number of imide groups is 1. The first-order valence-corrected chi connectivity index (χ1v) is 9.85. The predicted molar refractivity (Wildman–Crippen MR) is 83.2 cm³/mol. The second-order valence-corrected chi connectivity index (χ2v) is 9.63. The molecule has 2 amide bonds. The van der Waals surface area contributed by atoms with Crippen molar-refractivity contribution in [3.63, 3.8) is 0 Å². The lowest BCUT2D eigenvalue weighted by atomic mass is 10.2. The molecule has 2 N–H and O–H groups in total. The summed E-state index contributed by atoms with van der Waals surface area (Å²) in [5.74, 6) is -1.41. The largest absolute Gasteiger partial charge is 0.398 e. The summed E-state index contributed by atoms with van der Waals surface area (Å²) in [6, 6.07) is 8.31. The third-order valence-corrected chi connectivity index (χ3v) is 7.62. The van der Waals surface area contributed by atoms with E-state index in [1.54, 1.807) is 30.3 Å². The standard InChI is InChI=1S/C13H15NO7S2/c1-9(10-5-3-2-4-6-10)22(23(18,19)20)13(17)21-14-11(15)7-8-12(14)16/h2-6,9H,7-8H2,1H3,(H2,18,19,20). The van der Waals surface area contributed by atoms with Crippen molar-refractivity contribution < 1.29 is 32.5 Å². The molecule has 1 aromatic rings. The second kappa shape index (κ2) is 6.79. The van der Waals surface area contributed by atoms with Crippen molar-refractivity contribution in [2.24, 2.45) is 0 Å². The van der Waals surface area contributed by atoms with Crippen molar-refractivity contribution in [1.82, 2.24) is 5.06 Å². The highest BCUT2D eigenvalue weighted by Gasteiger charge is 2.36. The summed E-state index contributed by atoms with van der Waals surface area (Å²) in [4.78, 5) is 39.8. The van der Waals surface area contributed by atoms with Gasteiger partial charge in [0.15, 0.2) is 0 Å². The molecule has 1 aromatic carbocycles. The molecule has 1 aliphatic rings. The fourth-order valence-corrected chi connectivity index (χ4v) is 5.52. The van der Waals surface area contributed by atoms with Gasteiger partial charge in [0.2, 0.25) is 9.05 Å². The molecule has 1 fully saturated rings. The Labute approximate surface area is 134 Å². The SMILES string of the molecule is CC(c1ccccc1)S(C(=O)ON1C(=O)CCC1=O)=S(=O)(O)O. The molecule has 8 nitrogen and oxygen atoms in total. The van der Waals surface area contributed by atoms with Crippen LogP contribution in [-0.4, -0.2) is 35.5 Å².